The molecule has 1 aliphatic rings. The van der Waals surface area contributed by atoms with Crippen molar-refractivity contribution in [2.24, 2.45) is 0 Å². The van der Waals surface area contributed by atoms with Crippen LogP contribution in [0.4, 0.5) is 0 Å². The standard InChI is InChI=1S/C21H21NO/c1-2-14-22-15-13-19(17-9-5-3-6-10-17)20(16-21(22)23)18-11-7-4-8-12-18/h3-13,15-16,19H,2,14H2,1H3. The van der Waals surface area contributed by atoms with Crippen molar-refractivity contribution in [3.63, 3.8) is 0 Å². The maximum atomic E-state index is 12.6. The fourth-order valence-electron chi connectivity index (χ4n) is 2.94. The summed E-state index contributed by atoms with van der Waals surface area (Å²) in [6.45, 7) is 2.83. The van der Waals surface area contributed by atoms with E-state index in [1.807, 2.05) is 42.6 Å². The number of nitrogens with zero attached hydrogens (tertiary/aromatic N) is 1. The van der Waals surface area contributed by atoms with Crippen LogP contribution in [0.15, 0.2) is 79.0 Å². The Morgan fingerprint density at radius 3 is 2.26 bits per heavy atom. The normalized spacial score (nSPS) is 17.8. The third-order valence-corrected chi connectivity index (χ3v) is 4.09. The van der Waals surface area contributed by atoms with Gasteiger partial charge in [0.05, 0.1) is 0 Å². The van der Waals surface area contributed by atoms with Gasteiger partial charge in [0.2, 0.25) is 0 Å². The van der Waals surface area contributed by atoms with Crippen LogP contribution in [0.3, 0.4) is 0 Å². The van der Waals surface area contributed by atoms with E-state index in [9.17, 15) is 4.79 Å². The van der Waals surface area contributed by atoms with E-state index in [1.165, 1.54) is 5.56 Å². The van der Waals surface area contributed by atoms with E-state index in [0.717, 1.165) is 24.1 Å². The van der Waals surface area contributed by atoms with Crippen LogP contribution < -0.4 is 0 Å². The summed E-state index contributed by atoms with van der Waals surface area (Å²) >= 11 is 0. The molecule has 0 aromatic heterocycles. The Labute approximate surface area is 137 Å². The molecule has 23 heavy (non-hydrogen) atoms. The van der Waals surface area contributed by atoms with Crippen LogP contribution in [0.1, 0.15) is 30.4 Å². The van der Waals surface area contributed by atoms with Gasteiger partial charge in [0, 0.05) is 24.7 Å². The van der Waals surface area contributed by atoms with E-state index in [4.69, 9.17) is 0 Å². The molecule has 2 nitrogen and oxygen atoms in total. The number of rotatable bonds is 4. The minimum atomic E-state index is 0.0559. The average molecular weight is 303 g/mol. The lowest BCUT2D eigenvalue weighted by atomic mass is 9.86. The zero-order valence-electron chi connectivity index (χ0n) is 13.4. The van der Waals surface area contributed by atoms with Crippen LogP contribution in [0.2, 0.25) is 0 Å². The molecule has 0 N–H and O–H groups in total. The summed E-state index contributed by atoms with van der Waals surface area (Å²) in [4.78, 5) is 14.4. The number of hydrogen-bond donors (Lipinski definition) is 0. The van der Waals surface area contributed by atoms with Crippen LogP contribution >= 0.6 is 0 Å². The summed E-state index contributed by atoms with van der Waals surface area (Å²) in [5.41, 5.74) is 3.35. The minimum absolute atomic E-state index is 0.0559. The quantitative estimate of drug-likeness (QED) is 0.807. The van der Waals surface area contributed by atoms with E-state index in [2.05, 4.69) is 37.3 Å². The fraction of sp³-hybridized carbons (Fsp3) is 0.190. The van der Waals surface area contributed by atoms with Gasteiger partial charge in [-0.25, -0.2) is 0 Å². The molecule has 1 heterocycles. The number of carbonyl (C=O) groups is 1. The first-order valence-corrected chi connectivity index (χ1v) is 8.10. The number of carbonyl (C=O) groups excluding carboxylic acids is 1. The molecular formula is C21H21NO. The van der Waals surface area contributed by atoms with Gasteiger partial charge in [-0.3, -0.25) is 4.79 Å². The van der Waals surface area contributed by atoms with E-state index < -0.39 is 0 Å². The lowest BCUT2D eigenvalue weighted by Gasteiger charge is -2.16. The first-order chi connectivity index (χ1) is 11.3. The second-order valence-corrected chi connectivity index (χ2v) is 5.73. The Morgan fingerprint density at radius 2 is 1.61 bits per heavy atom. The number of benzene rings is 2. The van der Waals surface area contributed by atoms with E-state index in [0.29, 0.717) is 0 Å². The molecule has 1 atom stereocenters. The molecule has 2 aromatic carbocycles. The highest BCUT2D eigenvalue weighted by Gasteiger charge is 2.21. The molecular weight excluding hydrogens is 282 g/mol. The fourth-order valence-corrected chi connectivity index (χ4v) is 2.94. The molecule has 0 spiro atoms. The molecule has 3 rings (SSSR count). The molecule has 1 amide bonds. The molecule has 0 aliphatic carbocycles. The van der Waals surface area contributed by atoms with Crippen LogP contribution in [0.5, 0.6) is 0 Å². The molecule has 0 bridgehead atoms. The van der Waals surface area contributed by atoms with Crippen LogP contribution in [0, 0.1) is 0 Å². The van der Waals surface area contributed by atoms with Gasteiger partial charge in [0.25, 0.3) is 5.91 Å². The Hall–Kier alpha value is -2.61. The SMILES string of the molecule is CCCN1C=CC(c2ccccc2)C(c2ccccc2)=CC1=O. The van der Waals surface area contributed by atoms with Crippen molar-refractivity contribution in [3.05, 3.63) is 90.1 Å². The van der Waals surface area contributed by atoms with Gasteiger partial charge in [0.15, 0.2) is 0 Å². The molecule has 0 radical (unpaired) electrons. The zero-order chi connectivity index (χ0) is 16.1. The topological polar surface area (TPSA) is 20.3 Å². The Balaban J connectivity index is 2.08. The highest BCUT2D eigenvalue weighted by molar-refractivity contribution is 5.98. The zero-order valence-corrected chi connectivity index (χ0v) is 13.4. The van der Waals surface area contributed by atoms with Gasteiger partial charge in [-0.15, -0.1) is 0 Å². The van der Waals surface area contributed by atoms with Gasteiger partial charge >= 0.3 is 0 Å². The van der Waals surface area contributed by atoms with E-state index in [-0.39, 0.29) is 11.8 Å². The third-order valence-electron chi connectivity index (χ3n) is 4.09. The maximum Gasteiger partial charge on any atom is 0.250 e. The van der Waals surface area contributed by atoms with Gasteiger partial charge in [-0.2, -0.15) is 0 Å². The Morgan fingerprint density at radius 1 is 0.957 bits per heavy atom. The summed E-state index contributed by atoms with van der Waals surface area (Å²) in [6, 6.07) is 20.5. The predicted octanol–water partition coefficient (Wildman–Crippen LogP) is 4.62. The third kappa shape index (κ3) is 3.42. The lowest BCUT2D eigenvalue weighted by Crippen LogP contribution is -2.23. The van der Waals surface area contributed by atoms with Crippen molar-refractivity contribution in [2.45, 2.75) is 19.3 Å². The van der Waals surface area contributed by atoms with Crippen LogP contribution in [-0.4, -0.2) is 17.4 Å². The molecule has 116 valence electrons. The molecule has 0 saturated heterocycles. The average Bonchev–Trinajstić information content (AvgIpc) is 2.77. The number of hydrogen-bond acceptors (Lipinski definition) is 1. The van der Waals surface area contributed by atoms with Crippen molar-refractivity contribution >= 4 is 11.5 Å². The van der Waals surface area contributed by atoms with Crippen molar-refractivity contribution in [2.75, 3.05) is 6.54 Å². The van der Waals surface area contributed by atoms with Gasteiger partial charge < -0.3 is 4.90 Å². The molecule has 0 fully saturated rings. The van der Waals surface area contributed by atoms with Crippen molar-refractivity contribution in [1.82, 2.24) is 4.90 Å². The summed E-state index contributed by atoms with van der Waals surface area (Å²) in [5.74, 6) is 0.143. The van der Waals surface area contributed by atoms with Crippen LogP contribution in [0.25, 0.3) is 5.57 Å². The van der Waals surface area contributed by atoms with Crippen LogP contribution in [-0.2, 0) is 4.79 Å². The van der Waals surface area contributed by atoms with Crippen molar-refractivity contribution in [1.29, 1.82) is 0 Å². The molecule has 1 aliphatic heterocycles. The largest absolute Gasteiger partial charge is 0.316 e. The van der Waals surface area contributed by atoms with Gasteiger partial charge in [-0.05, 0) is 23.1 Å². The van der Waals surface area contributed by atoms with Gasteiger partial charge in [0.1, 0.15) is 0 Å². The predicted molar refractivity (Wildman–Crippen MR) is 94.7 cm³/mol. The van der Waals surface area contributed by atoms with Crippen molar-refractivity contribution in [3.8, 4) is 0 Å². The molecule has 2 aromatic rings. The van der Waals surface area contributed by atoms with Gasteiger partial charge in [-0.1, -0.05) is 73.7 Å². The number of amides is 1. The molecule has 2 heteroatoms. The van der Waals surface area contributed by atoms with Crippen molar-refractivity contribution < 1.29 is 4.79 Å². The first-order valence-electron chi connectivity index (χ1n) is 8.10. The minimum Gasteiger partial charge on any atom is -0.316 e. The smallest absolute Gasteiger partial charge is 0.250 e. The highest BCUT2D eigenvalue weighted by atomic mass is 16.2. The highest BCUT2D eigenvalue weighted by Crippen LogP contribution is 2.35. The summed E-state index contributed by atoms with van der Waals surface area (Å²) in [7, 11) is 0. The Kier molecular flexibility index (Phi) is 4.72. The Bertz CT molecular complexity index is 716. The first kappa shape index (κ1) is 15.3. The summed E-state index contributed by atoms with van der Waals surface area (Å²) in [6.07, 6.45) is 6.81. The summed E-state index contributed by atoms with van der Waals surface area (Å²) in [5, 5.41) is 0. The molecule has 0 saturated carbocycles. The van der Waals surface area contributed by atoms with E-state index >= 15 is 0 Å². The van der Waals surface area contributed by atoms with E-state index in [1.54, 1.807) is 11.0 Å². The second-order valence-electron chi connectivity index (χ2n) is 5.73. The maximum absolute atomic E-state index is 12.6. The second kappa shape index (κ2) is 7.10. The monoisotopic (exact) mass is 303 g/mol. The molecule has 1 unspecified atom stereocenters. The number of allylic oxidation sites excluding steroid dienone is 2. The summed E-state index contributed by atoms with van der Waals surface area (Å²) < 4.78 is 0. The lowest BCUT2D eigenvalue weighted by molar-refractivity contribution is -0.123.